The van der Waals surface area contributed by atoms with Crippen molar-refractivity contribution >= 4 is 22.7 Å². The second kappa shape index (κ2) is 5.96. The molecule has 2 aliphatic rings. The van der Waals surface area contributed by atoms with Crippen LogP contribution in [0.5, 0.6) is 0 Å². The first-order valence-electron chi connectivity index (χ1n) is 8.28. The van der Waals surface area contributed by atoms with Crippen LogP contribution in [0.1, 0.15) is 0 Å². The van der Waals surface area contributed by atoms with Crippen molar-refractivity contribution in [2.24, 2.45) is 0 Å². The molecular weight excluding hydrogens is 296 g/mol. The topological polar surface area (TPSA) is 13.0 Å². The Labute approximate surface area is 143 Å². The molecule has 0 amide bonds. The van der Waals surface area contributed by atoms with E-state index in [9.17, 15) is 0 Å². The number of fused-ring (bicyclic) bond motifs is 2. The Morgan fingerprint density at radius 2 is 1.04 bits per heavy atom. The van der Waals surface area contributed by atoms with Gasteiger partial charge in [0.2, 0.25) is 0 Å². The minimum atomic E-state index is 0.865. The second-order valence-corrected chi connectivity index (χ2v) is 6.09. The van der Waals surface area contributed by atoms with E-state index in [1.165, 1.54) is 22.7 Å². The number of rotatable bonds is 5. The quantitative estimate of drug-likeness (QED) is 0.830. The van der Waals surface area contributed by atoms with Crippen LogP contribution >= 0.6 is 0 Å². The van der Waals surface area contributed by atoms with Crippen molar-refractivity contribution in [3.05, 3.63) is 74.1 Å². The van der Waals surface area contributed by atoms with Crippen LogP contribution in [-0.4, -0.2) is 26.4 Å². The zero-order chi connectivity index (χ0) is 16.5. The summed E-state index contributed by atoms with van der Waals surface area (Å²) in [5.74, 6) is 0. The van der Waals surface area contributed by atoms with Crippen molar-refractivity contribution in [1.29, 1.82) is 0 Å². The monoisotopic (exact) mass is 318 g/mol. The Kier molecular flexibility index (Phi) is 3.65. The van der Waals surface area contributed by atoms with Crippen molar-refractivity contribution in [2.45, 2.75) is 0 Å². The van der Waals surface area contributed by atoms with E-state index >= 15 is 0 Å². The minimum absolute atomic E-state index is 0.865. The van der Waals surface area contributed by atoms with E-state index in [2.05, 4.69) is 81.3 Å². The van der Waals surface area contributed by atoms with E-state index in [0.717, 1.165) is 26.4 Å². The van der Waals surface area contributed by atoms with Gasteiger partial charge in [0.15, 0.2) is 0 Å². The highest BCUT2D eigenvalue weighted by atomic mass is 15.4. The lowest BCUT2D eigenvalue weighted by Gasteiger charge is -2.25. The lowest BCUT2D eigenvalue weighted by molar-refractivity contribution is 0.758. The fourth-order valence-electron chi connectivity index (χ4n) is 3.56. The van der Waals surface area contributed by atoms with Gasteiger partial charge in [-0.05, 0) is 36.7 Å². The van der Waals surface area contributed by atoms with Gasteiger partial charge in [-0.1, -0.05) is 37.4 Å². The molecule has 0 bridgehead atoms. The Bertz CT molecular complexity index is 704. The van der Waals surface area contributed by atoms with Gasteiger partial charge in [0.05, 0.1) is 36.1 Å². The predicted molar refractivity (Wildman–Crippen MR) is 103 cm³/mol. The Morgan fingerprint density at radius 3 is 1.42 bits per heavy atom. The van der Waals surface area contributed by atoms with Gasteiger partial charge in [-0.25, -0.2) is 0 Å². The number of nitrogens with zero attached hydrogens (tertiary/aromatic N) is 4. The molecule has 2 aromatic carbocycles. The van der Waals surface area contributed by atoms with Gasteiger partial charge in [-0.15, -0.1) is 0 Å². The molecule has 0 N–H and O–H groups in total. The van der Waals surface area contributed by atoms with Crippen LogP contribution in [-0.2, 0) is 0 Å². The van der Waals surface area contributed by atoms with Gasteiger partial charge < -0.3 is 19.6 Å². The van der Waals surface area contributed by atoms with E-state index in [1.807, 2.05) is 12.4 Å². The summed E-state index contributed by atoms with van der Waals surface area (Å²) in [5, 5.41) is 0. The van der Waals surface area contributed by atoms with Crippen LogP contribution in [0.25, 0.3) is 0 Å². The highest BCUT2D eigenvalue weighted by Gasteiger charge is 2.27. The molecule has 24 heavy (non-hydrogen) atoms. The molecule has 4 rings (SSSR count). The third-order valence-corrected chi connectivity index (χ3v) is 4.79. The van der Waals surface area contributed by atoms with Gasteiger partial charge in [0.25, 0.3) is 0 Å². The summed E-state index contributed by atoms with van der Waals surface area (Å²) in [5.41, 5.74) is 5.04. The van der Waals surface area contributed by atoms with Crippen molar-refractivity contribution in [3.63, 3.8) is 0 Å². The molecule has 2 heterocycles. The molecule has 0 saturated heterocycles. The van der Waals surface area contributed by atoms with Crippen LogP contribution < -0.4 is 19.6 Å². The lowest BCUT2D eigenvalue weighted by atomic mass is 10.2. The number of para-hydroxylation sites is 4. The fraction of sp³-hybridized carbons (Fsp3) is 0.200. The average Bonchev–Trinajstić information content (AvgIpc) is 3.18. The molecule has 0 unspecified atom stereocenters. The summed E-state index contributed by atoms with van der Waals surface area (Å²) in [6.45, 7) is 11.5. The summed E-state index contributed by atoms with van der Waals surface area (Å²) in [7, 11) is 0. The summed E-state index contributed by atoms with van der Waals surface area (Å²) < 4.78 is 0. The van der Waals surface area contributed by atoms with Crippen LogP contribution in [0.2, 0.25) is 0 Å². The molecule has 0 atom stereocenters. The number of anilines is 4. The van der Waals surface area contributed by atoms with Crippen LogP contribution in [0, 0.1) is 0 Å². The van der Waals surface area contributed by atoms with Crippen LogP contribution in [0.15, 0.2) is 74.1 Å². The molecule has 0 aliphatic carbocycles. The van der Waals surface area contributed by atoms with Gasteiger partial charge >= 0.3 is 0 Å². The summed E-state index contributed by atoms with van der Waals surface area (Å²) in [6, 6.07) is 17.0. The predicted octanol–water partition coefficient (Wildman–Crippen LogP) is 3.84. The molecule has 4 nitrogen and oxygen atoms in total. The first kappa shape index (κ1) is 14.7. The van der Waals surface area contributed by atoms with Gasteiger partial charge in [-0.3, -0.25) is 0 Å². The normalized spacial score (nSPS) is 15.5. The molecule has 2 aliphatic heterocycles. The zero-order valence-electron chi connectivity index (χ0n) is 13.8. The number of hydrogen-bond donors (Lipinski definition) is 0. The highest BCUT2D eigenvalue weighted by molar-refractivity contribution is 5.79. The summed E-state index contributed by atoms with van der Waals surface area (Å²) >= 11 is 0. The minimum Gasteiger partial charge on any atom is -0.350 e. The molecule has 0 spiro atoms. The van der Waals surface area contributed by atoms with Gasteiger partial charge in [-0.2, -0.15) is 0 Å². The third kappa shape index (κ3) is 2.31. The van der Waals surface area contributed by atoms with E-state index in [-0.39, 0.29) is 0 Å². The standard InChI is InChI=1S/C20H22N4/c1-3-21-15-23(19-11-7-5-9-17(19)21)13-14-24-16-22(4-2)18-10-6-8-12-20(18)24/h3-12H,1-2,13-16H2. The Morgan fingerprint density at radius 1 is 0.667 bits per heavy atom. The maximum Gasteiger partial charge on any atom is 0.0947 e. The molecule has 0 fully saturated rings. The maximum atomic E-state index is 3.94. The maximum absolute atomic E-state index is 3.94. The van der Waals surface area contributed by atoms with Crippen molar-refractivity contribution in [3.8, 4) is 0 Å². The Balaban J connectivity index is 1.51. The van der Waals surface area contributed by atoms with E-state index < -0.39 is 0 Å². The van der Waals surface area contributed by atoms with Crippen LogP contribution in [0.3, 0.4) is 0 Å². The SMILES string of the molecule is C=CN1CN(CCN2CN(C=C)c3ccccc32)c2ccccc21. The second-order valence-electron chi connectivity index (χ2n) is 6.09. The first-order chi connectivity index (χ1) is 11.8. The first-order valence-corrected chi connectivity index (χ1v) is 8.28. The molecule has 0 saturated carbocycles. The lowest BCUT2D eigenvalue weighted by Crippen LogP contribution is -2.37. The van der Waals surface area contributed by atoms with Gasteiger partial charge in [0, 0.05) is 13.1 Å². The molecule has 0 radical (unpaired) electrons. The molecular formula is C20H22N4. The molecule has 0 aromatic heterocycles. The fourth-order valence-corrected chi connectivity index (χ4v) is 3.56. The summed E-state index contributed by atoms with van der Waals surface area (Å²) in [4.78, 5) is 9.22. The third-order valence-electron chi connectivity index (χ3n) is 4.79. The average molecular weight is 318 g/mol. The smallest absolute Gasteiger partial charge is 0.0947 e. The molecule has 122 valence electrons. The molecule has 4 heteroatoms. The van der Waals surface area contributed by atoms with E-state index in [4.69, 9.17) is 0 Å². The largest absolute Gasteiger partial charge is 0.350 e. The van der Waals surface area contributed by atoms with E-state index in [0.29, 0.717) is 0 Å². The Hall–Kier alpha value is -2.88. The zero-order valence-corrected chi connectivity index (χ0v) is 13.8. The van der Waals surface area contributed by atoms with E-state index in [1.54, 1.807) is 0 Å². The number of benzene rings is 2. The molecule has 2 aromatic rings. The van der Waals surface area contributed by atoms with Crippen LogP contribution in [0.4, 0.5) is 22.7 Å². The van der Waals surface area contributed by atoms with Crippen molar-refractivity contribution in [2.75, 3.05) is 46.0 Å². The van der Waals surface area contributed by atoms with Crippen molar-refractivity contribution in [1.82, 2.24) is 0 Å². The van der Waals surface area contributed by atoms with Crippen molar-refractivity contribution < 1.29 is 0 Å². The highest BCUT2D eigenvalue weighted by Crippen LogP contribution is 2.37. The number of hydrogen-bond acceptors (Lipinski definition) is 4. The van der Waals surface area contributed by atoms with Gasteiger partial charge in [0.1, 0.15) is 0 Å². The summed E-state index contributed by atoms with van der Waals surface area (Å²) in [6.07, 6.45) is 3.81.